The van der Waals surface area contributed by atoms with Crippen LogP contribution in [0.4, 0.5) is 0 Å². The first-order valence-corrected chi connectivity index (χ1v) is 8.23. The molecule has 0 N–H and O–H groups in total. The Bertz CT molecular complexity index is 874. The molecule has 6 nitrogen and oxygen atoms in total. The van der Waals surface area contributed by atoms with Gasteiger partial charge in [-0.3, -0.25) is 9.78 Å². The van der Waals surface area contributed by atoms with E-state index in [0.29, 0.717) is 6.54 Å². The zero-order valence-electron chi connectivity index (χ0n) is 13.6. The molecular formula is C18H19N5O. The number of fused-ring (bicyclic) bond motifs is 1. The SMILES string of the molecule is CC(=O)N1CCC[C@@H](c2nc3ccc(-c4ccncc4)cn3n2)C1. The highest BCUT2D eigenvalue weighted by Gasteiger charge is 2.25. The Morgan fingerprint density at radius 1 is 1.17 bits per heavy atom. The normalized spacial score (nSPS) is 18.0. The fourth-order valence-electron chi connectivity index (χ4n) is 3.26. The van der Waals surface area contributed by atoms with Crippen LogP contribution in [0, 0.1) is 0 Å². The van der Waals surface area contributed by atoms with Crippen LogP contribution in [-0.4, -0.2) is 43.5 Å². The predicted octanol–water partition coefficient (Wildman–Crippen LogP) is 2.52. The molecule has 0 aliphatic carbocycles. The number of aromatic nitrogens is 4. The molecule has 6 heteroatoms. The molecule has 1 amide bonds. The molecule has 0 bridgehead atoms. The number of carbonyl (C=O) groups excluding carboxylic acids is 1. The molecule has 0 saturated carbocycles. The predicted molar refractivity (Wildman–Crippen MR) is 90.4 cm³/mol. The molecule has 1 aliphatic rings. The van der Waals surface area contributed by atoms with Crippen molar-refractivity contribution in [2.45, 2.75) is 25.7 Å². The van der Waals surface area contributed by atoms with Crippen LogP contribution < -0.4 is 0 Å². The van der Waals surface area contributed by atoms with Crippen LogP contribution in [0.3, 0.4) is 0 Å². The summed E-state index contributed by atoms with van der Waals surface area (Å²) in [4.78, 5) is 22.2. The minimum absolute atomic E-state index is 0.128. The van der Waals surface area contributed by atoms with Crippen molar-refractivity contribution in [3.05, 3.63) is 48.7 Å². The number of carbonyl (C=O) groups is 1. The van der Waals surface area contributed by atoms with Crippen LogP contribution in [-0.2, 0) is 4.79 Å². The third-order valence-electron chi connectivity index (χ3n) is 4.59. The third-order valence-corrected chi connectivity index (χ3v) is 4.59. The second kappa shape index (κ2) is 6.03. The van der Waals surface area contributed by atoms with Gasteiger partial charge in [-0.25, -0.2) is 9.50 Å². The molecule has 1 aliphatic heterocycles. The molecule has 0 aromatic carbocycles. The number of pyridine rings is 2. The molecule has 122 valence electrons. The van der Waals surface area contributed by atoms with E-state index in [1.807, 2.05) is 39.9 Å². The van der Waals surface area contributed by atoms with Crippen molar-refractivity contribution in [3.8, 4) is 11.1 Å². The molecule has 1 saturated heterocycles. The average molecular weight is 321 g/mol. The van der Waals surface area contributed by atoms with E-state index >= 15 is 0 Å². The number of piperidine rings is 1. The number of hydrogen-bond donors (Lipinski definition) is 0. The average Bonchev–Trinajstić information content (AvgIpc) is 3.06. The maximum absolute atomic E-state index is 11.6. The topological polar surface area (TPSA) is 63.4 Å². The summed E-state index contributed by atoms with van der Waals surface area (Å²) in [6.07, 6.45) is 7.59. The number of nitrogens with zero attached hydrogens (tertiary/aromatic N) is 5. The van der Waals surface area contributed by atoms with Crippen LogP contribution in [0.25, 0.3) is 16.8 Å². The van der Waals surface area contributed by atoms with Crippen molar-refractivity contribution in [2.24, 2.45) is 0 Å². The number of likely N-dealkylation sites (tertiary alicyclic amines) is 1. The van der Waals surface area contributed by atoms with Crippen molar-refractivity contribution >= 4 is 11.6 Å². The van der Waals surface area contributed by atoms with Crippen molar-refractivity contribution in [3.63, 3.8) is 0 Å². The van der Waals surface area contributed by atoms with Crippen molar-refractivity contribution in [1.82, 2.24) is 24.5 Å². The minimum Gasteiger partial charge on any atom is -0.342 e. The summed E-state index contributed by atoms with van der Waals surface area (Å²) in [7, 11) is 0. The standard InChI is InChI=1S/C18H19N5O/c1-13(24)22-10-2-3-16(11-22)18-20-17-5-4-15(12-23(17)21-18)14-6-8-19-9-7-14/h4-9,12,16H,2-3,10-11H2,1H3/t16-/m1/s1. The van der Waals surface area contributed by atoms with E-state index in [2.05, 4.69) is 15.1 Å². The van der Waals surface area contributed by atoms with E-state index in [0.717, 1.165) is 42.0 Å². The summed E-state index contributed by atoms with van der Waals surface area (Å²) in [6, 6.07) is 7.99. The van der Waals surface area contributed by atoms with Gasteiger partial charge in [0.1, 0.15) is 0 Å². The van der Waals surface area contributed by atoms with Gasteiger partial charge in [-0.2, -0.15) is 5.10 Å². The molecular weight excluding hydrogens is 302 g/mol. The van der Waals surface area contributed by atoms with Gasteiger partial charge in [0.15, 0.2) is 11.5 Å². The first kappa shape index (κ1) is 14.8. The summed E-state index contributed by atoms with van der Waals surface area (Å²) in [5, 5.41) is 4.67. The molecule has 4 rings (SSSR count). The van der Waals surface area contributed by atoms with E-state index in [4.69, 9.17) is 0 Å². The molecule has 1 atom stereocenters. The highest BCUT2D eigenvalue weighted by Crippen LogP contribution is 2.26. The molecule has 0 unspecified atom stereocenters. The van der Waals surface area contributed by atoms with Gasteiger partial charge in [0.05, 0.1) is 0 Å². The monoisotopic (exact) mass is 321 g/mol. The van der Waals surface area contributed by atoms with E-state index in [1.165, 1.54) is 0 Å². The van der Waals surface area contributed by atoms with Gasteiger partial charge in [-0.15, -0.1) is 0 Å². The molecule has 1 fully saturated rings. The van der Waals surface area contributed by atoms with E-state index in [1.54, 1.807) is 19.3 Å². The van der Waals surface area contributed by atoms with Crippen LogP contribution in [0.1, 0.15) is 31.5 Å². The maximum atomic E-state index is 11.6. The minimum atomic E-state index is 0.128. The molecule has 4 heterocycles. The fourth-order valence-corrected chi connectivity index (χ4v) is 3.26. The Morgan fingerprint density at radius 3 is 2.79 bits per heavy atom. The Kier molecular flexibility index (Phi) is 3.72. The van der Waals surface area contributed by atoms with Gasteiger partial charge in [-0.1, -0.05) is 0 Å². The molecule has 0 radical (unpaired) electrons. The Balaban J connectivity index is 1.65. The van der Waals surface area contributed by atoms with E-state index in [-0.39, 0.29) is 11.8 Å². The summed E-state index contributed by atoms with van der Waals surface area (Å²) in [5.41, 5.74) is 3.02. The molecule has 3 aromatic heterocycles. The van der Waals surface area contributed by atoms with E-state index < -0.39 is 0 Å². The van der Waals surface area contributed by atoms with Gasteiger partial charge in [0.25, 0.3) is 0 Å². The zero-order valence-corrected chi connectivity index (χ0v) is 13.6. The number of rotatable bonds is 2. The highest BCUT2D eigenvalue weighted by atomic mass is 16.2. The number of amides is 1. The van der Waals surface area contributed by atoms with Gasteiger partial charge >= 0.3 is 0 Å². The van der Waals surface area contributed by atoms with Crippen LogP contribution in [0.2, 0.25) is 0 Å². The van der Waals surface area contributed by atoms with Crippen LogP contribution in [0.15, 0.2) is 42.9 Å². The maximum Gasteiger partial charge on any atom is 0.219 e. The zero-order chi connectivity index (χ0) is 16.5. The van der Waals surface area contributed by atoms with Crippen molar-refractivity contribution < 1.29 is 4.79 Å². The van der Waals surface area contributed by atoms with Gasteiger partial charge in [-0.05, 0) is 42.7 Å². The lowest BCUT2D eigenvalue weighted by Crippen LogP contribution is -2.37. The first-order valence-electron chi connectivity index (χ1n) is 8.23. The van der Waals surface area contributed by atoms with Gasteiger partial charge in [0.2, 0.25) is 5.91 Å². The lowest BCUT2D eigenvalue weighted by Gasteiger charge is -2.30. The van der Waals surface area contributed by atoms with E-state index in [9.17, 15) is 4.79 Å². The Labute approximate surface area is 140 Å². The summed E-state index contributed by atoms with van der Waals surface area (Å²) in [6.45, 7) is 3.18. The lowest BCUT2D eigenvalue weighted by atomic mass is 9.97. The molecule has 0 spiro atoms. The second-order valence-corrected chi connectivity index (χ2v) is 6.23. The van der Waals surface area contributed by atoms with Gasteiger partial charge in [0, 0.05) is 50.1 Å². The Hall–Kier alpha value is -2.76. The molecule has 3 aromatic rings. The smallest absolute Gasteiger partial charge is 0.219 e. The number of hydrogen-bond acceptors (Lipinski definition) is 4. The largest absolute Gasteiger partial charge is 0.342 e. The Morgan fingerprint density at radius 2 is 2.00 bits per heavy atom. The second-order valence-electron chi connectivity index (χ2n) is 6.23. The van der Waals surface area contributed by atoms with Crippen molar-refractivity contribution in [2.75, 3.05) is 13.1 Å². The fraction of sp³-hybridized carbons (Fsp3) is 0.333. The first-order chi connectivity index (χ1) is 11.7. The molecule has 24 heavy (non-hydrogen) atoms. The third kappa shape index (κ3) is 2.75. The summed E-state index contributed by atoms with van der Waals surface area (Å²) in [5.74, 6) is 1.17. The van der Waals surface area contributed by atoms with Crippen molar-refractivity contribution in [1.29, 1.82) is 0 Å². The summed E-state index contributed by atoms with van der Waals surface area (Å²) >= 11 is 0. The summed E-state index contributed by atoms with van der Waals surface area (Å²) < 4.78 is 1.83. The van der Waals surface area contributed by atoms with Gasteiger partial charge < -0.3 is 4.90 Å². The lowest BCUT2D eigenvalue weighted by molar-refractivity contribution is -0.130. The quantitative estimate of drug-likeness (QED) is 0.727. The highest BCUT2D eigenvalue weighted by molar-refractivity contribution is 5.73. The van der Waals surface area contributed by atoms with Crippen LogP contribution >= 0.6 is 0 Å². The van der Waals surface area contributed by atoms with Crippen LogP contribution in [0.5, 0.6) is 0 Å².